The van der Waals surface area contributed by atoms with Crippen LogP contribution in [0.25, 0.3) is 0 Å². The Morgan fingerprint density at radius 3 is 2.76 bits per heavy atom. The fraction of sp³-hybridized carbons (Fsp3) is 0.412. The van der Waals surface area contributed by atoms with Crippen molar-refractivity contribution in [1.29, 1.82) is 0 Å². The van der Waals surface area contributed by atoms with E-state index in [4.69, 9.17) is 20.8 Å². The fourth-order valence-corrected chi connectivity index (χ4v) is 2.64. The molecule has 114 valence electrons. The molecular formula is C17H22ClNO2. The highest BCUT2D eigenvalue weighted by Gasteiger charge is 2.19. The van der Waals surface area contributed by atoms with E-state index in [1.807, 2.05) is 24.3 Å². The second-order valence-electron chi connectivity index (χ2n) is 5.13. The molecule has 0 spiro atoms. The van der Waals surface area contributed by atoms with E-state index >= 15 is 0 Å². The van der Waals surface area contributed by atoms with Crippen LogP contribution in [0.2, 0.25) is 5.02 Å². The number of methoxy groups -OCH3 is 1. The zero-order chi connectivity index (χ0) is 15.2. The van der Waals surface area contributed by atoms with Crippen molar-refractivity contribution in [3.8, 4) is 5.75 Å². The smallest absolute Gasteiger partial charge is 0.123 e. The highest BCUT2D eigenvalue weighted by molar-refractivity contribution is 6.30. The Balaban J connectivity index is 2.26. The predicted molar refractivity (Wildman–Crippen MR) is 86.2 cm³/mol. The molecule has 1 N–H and O–H groups in total. The molecule has 0 saturated carbocycles. The summed E-state index contributed by atoms with van der Waals surface area (Å²) in [5, 5.41) is 4.26. The summed E-state index contributed by atoms with van der Waals surface area (Å²) in [6.45, 7) is 5.15. The van der Waals surface area contributed by atoms with Crippen LogP contribution in [0.4, 0.5) is 0 Å². The summed E-state index contributed by atoms with van der Waals surface area (Å²) in [6.07, 6.45) is 3.58. The minimum atomic E-state index is 0.118. The van der Waals surface area contributed by atoms with Crippen LogP contribution in [0.5, 0.6) is 5.75 Å². The van der Waals surface area contributed by atoms with Gasteiger partial charge in [0.2, 0.25) is 0 Å². The molecular weight excluding hydrogens is 286 g/mol. The first-order chi connectivity index (χ1) is 10.2. The monoisotopic (exact) mass is 307 g/mol. The average molecular weight is 308 g/mol. The van der Waals surface area contributed by atoms with Crippen LogP contribution in [0.1, 0.15) is 36.3 Å². The summed E-state index contributed by atoms with van der Waals surface area (Å²) < 4.78 is 11.1. The van der Waals surface area contributed by atoms with Gasteiger partial charge in [-0.3, -0.25) is 0 Å². The third kappa shape index (κ3) is 4.02. The minimum Gasteiger partial charge on any atom is -0.496 e. The van der Waals surface area contributed by atoms with E-state index in [9.17, 15) is 0 Å². The van der Waals surface area contributed by atoms with Crippen molar-refractivity contribution >= 4 is 11.6 Å². The number of halogens is 1. The van der Waals surface area contributed by atoms with Crippen molar-refractivity contribution in [2.45, 2.75) is 32.7 Å². The number of furan rings is 1. The van der Waals surface area contributed by atoms with E-state index in [0.717, 1.165) is 47.0 Å². The van der Waals surface area contributed by atoms with Crippen LogP contribution in [0, 0.1) is 6.92 Å². The van der Waals surface area contributed by atoms with E-state index in [1.165, 1.54) is 0 Å². The molecule has 1 aromatic heterocycles. The molecule has 1 aromatic carbocycles. The van der Waals surface area contributed by atoms with Gasteiger partial charge in [-0.1, -0.05) is 18.5 Å². The predicted octanol–water partition coefficient (Wildman–Crippen LogP) is 4.53. The van der Waals surface area contributed by atoms with E-state index in [0.29, 0.717) is 0 Å². The quantitative estimate of drug-likeness (QED) is 0.816. The molecule has 1 unspecified atom stereocenters. The van der Waals surface area contributed by atoms with Crippen LogP contribution in [-0.2, 0) is 6.42 Å². The van der Waals surface area contributed by atoms with Gasteiger partial charge in [-0.15, -0.1) is 0 Å². The van der Waals surface area contributed by atoms with Gasteiger partial charge < -0.3 is 14.5 Å². The summed E-state index contributed by atoms with van der Waals surface area (Å²) in [7, 11) is 1.68. The summed E-state index contributed by atoms with van der Waals surface area (Å²) in [5.74, 6) is 1.83. The number of aryl methyl sites for hydroxylation is 1. The molecule has 0 amide bonds. The molecule has 21 heavy (non-hydrogen) atoms. The SMILES string of the molecule is CCCNC(Cc1cc(Cl)ccc1OC)c1occc1C. The Kier molecular flexibility index (Phi) is 5.71. The van der Waals surface area contributed by atoms with Crippen molar-refractivity contribution in [1.82, 2.24) is 5.32 Å². The third-order valence-corrected chi connectivity index (χ3v) is 3.76. The Labute approximate surface area is 131 Å². The largest absolute Gasteiger partial charge is 0.496 e. The molecule has 3 nitrogen and oxygen atoms in total. The summed E-state index contributed by atoms with van der Waals surface area (Å²) in [6, 6.07) is 7.82. The number of hydrogen-bond donors (Lipinski definition) is 1. The molecule has 0 saturated heterocycles. The first-order valence-electron chi connectivity index (χ1n) is 7.25. The van der Waals surface area contributed by atoms with Gasteiger partial charge in [0.1, 0.15) is 11.5 Å². The van der Waals surface area contributed by atoms with Crippen LogP contribution < -0.4 is 10.1 Å². The van der Waals surface area contributed by atoms with E-state index < -0.39 is 0 Å². The molecule has 0 aliphatic carbocycles. The second kappa shape index (κ2) is 7.53. The standard InChI is InChI=1S/C17H22ClNO2/c1-4-8-19-15(17-12(2)7-9-21-17)11-13-10-14(18)5-6-16(13)20-3/h5-7,9-10,15,19H,4,8,11H2,1-3H3. The van der Waals surface area contributed by atoms with Gasteiger partial charge >= 0.3 is 0 Å². The minimum absolute atomic E-state index is 0.118. The van der Waals surface area contributed by atoms with Gasteiger partial charge in [0, 0.05) is 5.02 Å². The third-order valence-electron chi connectivity index (χ3n) is 3.53. The van der Waals surface area contributed by atoms with Gasteiger partial charge in [0.25, 0.3) is 0 Å². The van der Waals surface area contributed by atoms with Crippen LogP contribution >= 0.6 is 11.6 Å². The lowest BCUT2D eigenvalue weighted by atomic mass is 10.0. The lowest BCUT2D eigenvalue weighted by molar-refractivity contribution is 0.388. The molecule has 0 aliphatic rings. The van der Waals surface area contributed by atoms with Crippen molar-refractivity contribution in [2.24, 2.45) is 0 Å². The maximum absolute atomic E-state index is 6.12. The van der Waals surface area contributed by atoms with E-state index in [1.54, 1.807) is 13.4 Å². The van der Waals surface area contributed by atoms with Crippen molar-refractivity contribution in [3.05, 3.63) is 52.4 Å². The maximum atomic E-state index is 6.12. The Bertz CT molecular complexity index is 580. The van der Waals surface area contributed by atoms with Gasteiger partial charge in [-0.2, -0.15) is 0 Å². The van der Waals surface area contributed by atoms with Crippen LogP contribution in [0.15, 0.2) is 34.9 Å². The normalized spacial score (nSPS) is 12.4. The molecule has 1 atom stereocenters. The highest BCUT2D eigenvalue weighted by atomic mass is 35.5. The Hall–Kier alpha value is -1.45. The lowest BCUT2D eigenvalue weighted by Crippen LogP contribution is -2.24. The number of ether oxygens (including phenoxy) is 1. The number of benzene rings is 1. The lowest BCUT2D eigenvalue weighted by Gasteiger charge is -2.19. The number of rotatable bonds is 7. The van der Waals surface area contributed by atoms with Gasteiger partial charge in [-0.25, -0.2) is 0 Å². The topological polar surface area (TPSA) is 34.4 Å². The van der Waals surface area contributed by atoms with E-state index in [2.05, 4.69) is 19.2 Å². The van der Waals surface area contributed by atoms with Crippen molar-refractivity contribution in [2.75, 3.05) is 13.7 Å². The van der Waals surface area contributed by atoms with E-state index in [-0.39, 0.29) is 6.04 Å². The van der Waals surface area contributed by atoms with Gasteiger partial charge in [0.05, 0.1) is 19.4 Å². The van der Waals surface area contributed by atoms with Crippen LogP contribution in [0.3, 0.4) is 0 Å². The molecule has 1 heterocycles. The van der Waals surface area contributed by atoms with Gasteiger partial charge in [0.15, 0.2) is 0 Å². The molecule has 4 heteroatoms. The first kappa shape index (κ1) is 15.9. The zero-order valence-electron chi connectivity index (χ0n) is 12.8. The van der Waals surface area contributed by atoms with Crippen molar-refractivity contribution < 1.29 is 9.15 Å². The molecule has 2 rings (SSSR count). The summed E-state index contributed by atoms with van der Waals surface area (Å²) >= 11 is 6.12. The van der Waals surface area contributed by atoms with Crippen LogP contribution in [-0.4, -0.2) is 13.7 Å². The van der Waals surface area contributed by atoms with Gasteiger partial charge in [-0.05, 0) is 61.7 Å². The summed E-state index contributed by atoms with van der Waals surface area (Å²) in [5.41, 5.74) is 2.24. The molecule has 0 fully saturated rings. The summed E-state index contributed by atoms with van der Waals surface area (Å²) in [4.78, 5) is 0. The van der Waals surface area contributed by atoms with Crippen molar-refractivity contribution in [3.63, 3.8) is 0 Å². The fourth-order valence-electron chi connectivity index (χ4n) is 2.44. The first-order valence-corrected chi connectivity index (χ1v) is 7.63. The Morgan fingerprint density at radius 1 is 1.33 bits per heavy atom. The average Bonchev–Trinajstić information content (AvgIpc) is 2.90. The number of hydrogen-bond acceptors (Lipinski definition) is 3. The second-order valence-corrected chi connectivity index (χ2v) is 5.57. The molecule has 0 radical (unpaired) electrons. The molecule has 0 aliphatic heterocycles. The maximum Gasteiger partial charge on any atom is 0.123 e. The molecule has 0 bridgehead atoms. The Morgan fingerprint density at radius 2 is 2.14 bits per heavy atom. The number of nitrogens with one attached hydrogen (secondary N) is 1. The highest BCUT2D eigenvalue weighted by Crippen LogP contribution is 2.29. The zero-order valence-corrected chi connectivity index (χ0v) is 13.5. The molecule has 2 aromatic rings.